The molecule has 0 radical (unpaired) electrons. The topological polar surface area (TPSA) is 264 Å². The number of hydrogen-bond donors (Lipinski definition) is 8. The van der Waals surface area contributed by atoms with Crippen LogP contribution in [0.25, 0.3) is 0 Å². The number of carboxylic acid groups (broad SMARTS) is 2. The molecule has 1 rings (SSSR count). The van der Waals surface area contributed by atoms with Gasteiger partial charge in [0.1, 0.15) is 18.1 Å². The molecule has 1 aliphatic heterocycles. The number of aliphatic carboxylic acids is 2. The highest BCUT2D eigenvalue weighted by Gasteiger charge is 2.39. The third-order valence-corrected chi connectivity index (χ3v) is 4.93. The highest BCUT2D eigenvalue weighted by Crippen LogP contribution is 2.19. The first kappa shape index (κ1) is 27.6. The summed E-state index contributed by atoms with van der Waals surface area (Å²) in [6.45, 7) is -0.484. The van der Waals surface area contributed by atoms with E-state index in [9.17, 15) is 34.2 Å². The van der Waals surface area contributed by atoms with Crippen molar-refractivity contribution in [2.45, 2.75) is 56.3 Å². The number of rotatable bonds is 13. The first-order chi connectivity index (χ1) is 15.5. The Morgan fingerprint density at radius 1 is 1.09 bits per heavy atom. The molecule has 33 heavy (non-hydrogen) atoms. The SMILES string of the molecule is NC(N)=NCCCC(NC(=O)C1CCCN1C(=O)C(CO)NC(=O)C(N)CC(=O)O)C(=O)O. The van der Waals surface area contributed by atoms with Crippen LogP contribution in [0, 0.1) is 0 Å². The molecule has 0 spiro atoms. The van der Waals surface area contributed by atoms with E-state index in [4.69, 9.17) is 22.3 Å². The van der Waals surface area contributed by atoms with Crippen LogP contribution < -0.4 is 27.8 Å². The van der Waals surface area contributed by atoms with Gasteiger partial charge in [0, 0.05) is 13.1 Å². The van der Waals surface area contributed by atoms with Gasteiger partial charge in [0.15, 0.2) is 5.96 Å². The van der Waals surface area contributed by atoms with E-state index in [0.29, 0.717) is 6.42 Å². The summed E-state index contributed by atoms with van der Waals surface area (Å²) in [5.74, 6) is -5.13. The molecule has 1 aliphatic rings. The molecule has 0 saturated carbocycles. The third-order valence-electron chi connectivity index (χ3n) is 4.93. The molecule has 4 atom stereocenters. The van der Waals surface area contributed by atoms with Crippen LogP contribution in [0.3, 0.4) is 0 Å². The summed E-state index contributed by atoms with van der Waals surface area (Å²) in [4.78, 5) is 64.6. The normalized spacial score (nSPS) is 18.0. The van der Waals surface area contributed by atoms with Crippen LogP contribution in [0.15, 0.2) is 4.99 Å². The number of amides is 3. The van der Waals surface area contributed by atoms with E-state index in [0.717, 1.165) is 4.90 Å². The highest BCUT2D eigenvalue weighted by molar-refractivity contribution is 5.95. The fourth-order valence-electron chi connectivity index (χ4n) is 3.28. The molecule has 186 valence electrons. The number of nitrogens with two attached hydrogens (primary N) is 3. The van der Waals surface area contributed by atoms with E-state index in [2.05, 4.69) is 15.6 Å². The van der Waals surface area contributed by atoms with Crippen LogP contribution in [-0.4, -0.2) is 99.7 Å². The molecule has 1 saturated heterocycles. The monoisotopic (exact) mass is 473 g/mol. The Bertz CT molecular complexity index is 771. The number of aliphatic imine (C=N–C) groups is 1. The number of aliphatic hydroxyl groups excluding tert-OH is 1. The minimum absolute atomic E-state index is 0.0509. The van der Waals surface area contributed by atoms with E-state index in [1.807, 2.05) is 0 Å². The molecule has 0 aromatic carbocycles. The van der Waals surface area contributed by atoms with E-state index in [-0.39, 0.29) is 38.3 Å². The van der Waals surface area contributed by atoms with Gasteiger partial charge in [0.25, 0.3) is 0 Å². The number of aliphatic hydroxyl groups is 1. The standard InChI is InChI=1S/C18H31N7O8/c19-9(7-13(27)28)14(29)24-11(8-26)16(31)25-6-2-4-12(25)15(30)23-10(17(32)33)3-1-5-22-18(20)21/h9-12,26H,1-8,19H2,(H,23,30)(H,24,29)(H,27,28)(H,32,33)(H4,20,21,22). The van der Waals surface area contributed by atoms with Gasteiger partial charge in [-0.2, -0.15) is 0 Å². The fraction of sp³-hybridized carbons (Fsp3) is 0.667. The molecule has 1 fully saturated rings. The second-order valence-corrected chi connectivity index (χ2v) is 7.49. The quantitative estimate of drug-likeness (QED) is 0.0723. The van der Waals surface area contributed by atoms with Crippen molar-refractivity contribution in [2.75, 3.05) is 19.7 Å². The number of nitrogens with one attached hydrogen (secondary N) is 2. The Morgan fingerprint density at radius 3 is 2.30 bits per heavy atom. The predicted octanol–water partition coefficient (Wildman–Crippen LogP) is -4.12. The number of guanidine groups is 1. The molecule has 1 heterocycles. The van der Waals surface area contributed by atoms with Crippen LogP contribution >= 0.6 is 0 Å². The third kappa shape index (κ3) is 8.89. The molecule has 15 heteroatoms. The number of nitrogens with zero attached hydrogens (tertiary/aromatic N) is 2. The Kier molecular flexibility index (Phi) is 11.0. The maximum Gasteiger partial charge on any atom is 0.326 e. The van der Waals surface area contributed by atoms with Crippen molar-refractivity contribution in [2.24, 2.45) is 22.2 Å². The van der Waals surface area contributed by atoms with E-state index in [1.54, 1.807) is 0 Å². The molecule has 3 amide bonds. The van der Waals surface area contributed by atoms with Crippen LogP contribution in [0.2, 0.25) is 0 Å². The van der Waals surface area contributed by atoms with Crippen LogP contribution in [0.1, 0.15) is 32.1 Å². The smallest absolute Gasteiger partial charge is 0.326 e. The average Bonchev–Trinajstić information content (AvgIpc) is 3.22. The molecule has 11 N–H and O–H groups in total. The van der Waals surface area contributed by atoms with Crippen molar-refractivity contribution in [3.05, 3.63) is 0 Å². The molecule has 15 nitrogen and oxygen atoms in total. The van der Waals surface area contributed by atoms with Gasteiger partial charge >= 0.3 is 11.9 Å². The average molecular weight is 473 g/mol. The van der Waals surface area contributed by atoms with Gasteiger partial charge in [0.05, 0.1) is 19.1 Å². The molecular weight excluding hydrogens is 442 g/mol. The second kappa shape index (κ2) is 13.2. The van der Waals surface area contributed by atoms with Crippen molar-refractivity contribution in [1.82, 2.24) is 15.5 Å². The second-order valence-electron chi connectivity index (χ2n) is 7.49. The summed E-state index contributed by atoms with van der Waals surface area (Å²) in [7, 11) is 0. The number of carbonyl (C=O) groups is 5. The first-order valence-electron chi connectivity index (χ1n) is 10.3. The van der Waals surface area contributed by atoms with Gasteiger partial charge in [0.2, 0.25) is 17.7 Å². The lowest BCUT2D eigenvalue weighted by atomic mass is 10.1. The Balaban J connectivity index is 2.78. The number of carbonyl (C=O) groups excluding carboxylic acids is 3. The summed E-state index contributed by atoms with van der Waals surface area (Å²) >= 11 is 0. The number of carboxylic acids is 2. The Hall–Kier alpha value is -3.46. The summed E-state index contributed by atoms with van der Waals surface area (Å²) in [5.41, 5.74) is 15.9. The highest BCUT2D eigenvalue weighted by atomic mass is 16.4. The lowest BCUT2D eigenvalue weighted by Gasteiger charge is -2.29. The zero-order chi connectivity index (χ0) is 25.1. The van der Waals surface area contributed by atoms with Crippen LogP contribution in [0.5, 0.6) is 0 Å². The minimum atomic E-state index is -1.44. The fourth-order valence-corrected chi connectivity index (χ4v) is 3.28. The van der Waals surface area contributed by atoms with Crippen LogP contribution in [-0.2, 0) is 24.0 Å². The molecule has 0 aromatic heterocycles. The number of likely N-dealkylation sites (tertiary alicyclic amines) is 1. The minimum Gasteiger partial charge on any atom is -0.481 e. The zero-order valence-corrected chi connectivity index (χ0v) is 18.0. The molecule has 0 bridgehead atoms. The molecule has 0 aliphatic carbocycles. The van der Waals surface area contributed by atoms with Crippen molar-refractivity contribution < 1.29 is 39.3 Å². The van der Waals surface area contributed by atoms with Crippen molar-refractivity contribution in [1.29, 1.82) is 0 Å². The lowest BCUT2D eigenvalue weighted by Crippen LogP contribution is -2.57. The van der Waals surface area contributed by atoms with Gasteiger partial charge in [-0.15, -0.1) is 0 Å². The van der Waals surface area contributed by atoms with Gasteiger partial charge in [-0.05, 0) is 25.7 Å². The number of hydrogen-bond acceptors (Lipinski definition) is 8. The lowest BCUT2D eigenvalue weighted by molar-refractivity contribution is -0.145. The summed E-state index contributed by atoms with van der Waals surface area (Å²) in [5, 5.41) is 32.2. The van der Waals surface area contributed by atoms with Gasteiger partial charge in [-0.25, -0.2) is 4.79 Å². The van der Waals surface area contributed by atoms with Crippen molar-refractivity contribution in [3.63, 3.8) is 0 Å². The maximum atomic E-state index is 12.8. The molecular formula is C18H31N7O8. The van der Waals surface area contributed by atoms with E-state index in [1.165, 1.54) is 0 Å². The van der Waals surface area contributed by atoms with E-state index >= 15 is 0 Å². The molecule has 4 unspecified atom stereocenters. The maximum absolute atomic E-state index is 12.8. The first-order valence-corrected chi connectivity index (χ1v) is 10.3. The van der Waals surface area contributed by atoms with Crippen molar-refractivity contribution in [3.8, 4) is 0 Å². The van der Waals surface area contributed by atoms with Crippen molar-refractivity contribution >= 4 is 35.6 Å². The predicted molar refractivity (Wildman–Crippen MR) is 113 cm³/mol. The summed E-state index contributed by atoms with van der Waals surface area (Å²) in [6.07, 6.45) is 0.360. The van der Waals surface area contributed by atoms with Crippen LogP contribution in [0.4, 0.5) is 0 Å². The summed E-state index contributed by atoms with van der Waals surface area (Å²) < 4.78 is 0. The zero-order valence-electron chi connectivity index (χ0n) is 18.0. The summed E-state index contributed by atoms with van der Waals surface area (Å²) in [6, 6.07) is -5.11. The van der Waals surface area contributed by atoms with Gasteiger partial charge in [-0.3, -0.25) is 24.2 Å². The largest absolute Gasteiger partial charge is 0.481 e. The Morgan fingerprint density at radius 2 is 1.76 bits per heavy atom. The van der Waals surface area contributed by atoms with Gasteiger partial charge < -0.3 is 48.1 Å². The Labute approximate surface area is 189 Å². The van der Waals surface area contributed by atoms with Gasteiger partial charge in [-0.1, -0.05) is 0 Å². The molecule has 0 aromatic rings. The van der Waals surface area contributed by atoms with E-state index < -0.39 is 66.9 Å².